The summed E-state index contributed by atoms with van der Waals surface area (Å²) < 4.78 is 76.8. The first-order chi connectivity index (χ1) is 21.4. The zero-order valence-corrected chi connectivity index (χ0v) is 25.2. The Morgan fingerprint density at radius 1 is 1.07 bits per heavy atom. The number of methoxy groups -OCH3 is 1. The summed E-state index contributed by atoms with van der Waals surface area (Å²) >= 11 is 1.10. The third-order valence-corrected chi connectivity index (χ3v) is 8.27. The molecule has 15 nitrogen and oxygen atoms in total. The molecule has 2 aliphatic rings. The van der Waals surface area contributed by atoms with E-state index in [-0.39, 0.29) is 31.1 Å². The minimum Gasteiger partial charge on any atom is -0.463 e. The number of nitrogens with zero attached hydrogens (tertiary/aromatic N) is 6. The highest BCUT2D eigenvalue weighted by Gasteiger charge is 2.52. The Kier molecular flexibility index (Phi) is 11.3. The summed E-state index contributed by atoms with van der Waals surface area (Å²) in [7, 11) is 1.35. The van der Waals surface area contributed by atoms with Crippen LogP contribution < -0.4 is 0 Å². The highest BCUT2D eigenvalue weighted by molar-refractivity contribution is 8.00. The maximum atomic E-state index is 14.0. The van der Waals surface area contributed by atoms with Crippen LogP contribution in [0.4, 0.5) is 13.2 Å². The molecule has 4 rings (SSSR count). The van der Waals surface area contributed by atoms with Crippen molar-refractivity contribution >= 4 is 29.7 Å². The topological polar surface area (TPSA) is 186 Å². The number of thioether (sulfide) groups is 1. The zero-order valence-electron chi connectivity index (χ0n) is 24.4. The molecular formula is C26H29F3N6O9S. The molecular weight excluding hydrogens is 629 g/mol. The first-order valence-corrected chi connectivity index (χ1v) is 14.4. The molecule has 19 heteroatoms. The lowest BCUT2D eigenvalue weighted by molar-refractivity contribution is -0.208. The molecule has 2 saturated heterocycles. The first kappa shape index (κ1) is 34.0. The molecule has 0 bridgehead atoms. The normalized spacial score (nSPS) is 28.1. The van der Waals surface area contributed by atoms with E-state index < -0.39 is 82.5 Å². The van der Waals surface area contributed by atoms with E-state index in [2.05, 4.69) is 20.3 Å². The van der Waals surface area contributed by atoms with Gasteiger partial charge in [-0.3, -0.25) is 14.4 Å². The van der Waals surface area contributed by atoms with E-state index in [0.29, 0.717) is 0 Å². The van der Waals surface area contributed by atoms with Crippen LogP contribution in [-0.2, 0) is 42.8 Å². The number of rotatable bonds is 10. The molecule has 244 valence electrons. The fourth-order valence-electron chi connectivity index (χ4n) is 5.03. The van der Waals surface area contributed by atoms with Crippen molar-refractivity contribution in [2.24, 2.45) is 5.11 Å². The number of ether oxygens (including phenoxy) is 6. The Morgan fingerprint density at radius 3 is 2.33 bits per heavy atom. The predicted octanol–water partition coefficient (Wildman–Crippen LogP) is 2.88. The summed E-state index contributed by atoms with van der Waals surface area (Å²) in [6.45, 7) is 3.21. The SMILES string of the molecule is COC1C(S[C@@H]2COC[C@H](N=[N+]=[N-])[C@H]2OC(C)=O)OC(COC(C)=O)C(OC(C)=O)C1n1cc(-c2cc(F)c(F)c(F)c2)nn1. The number of carbonyl (C=O) groups is 3. The van der Waals surface area contributed by atoms with Gasteiger partial charge < -0.3 is 28.4 Å². The number of halogens is 3. The van der Waals surface area contributed by atoms with Gasteiger partial charge in [0.1, 0.15) is 42.1 Å². The van der Waals surface area contributed by atoms with Crippen LogP contribution in [0.15, 0.2) is 23.4 Å². The van der Waals surface area contributed by atoms with E-state index in [1.54, 1.807) is 0 Å². The quantitative estimate of drug-likeness (QED) is 0.0909. The largest absolute Gasteiger partial charge is 0.463 e. The highest BCUT2D eigenvalue weighted by atomic mass is 32.2. The van der Waals surface area contributed by atoms with Crippen molar-refractivity contribution in [2.75, 3.05) is 26.9 Å². The average Bonchev–Trinajstić information content (AvgIpc) is 3.46. The van der Waals surface area contributed by atoms with E-state index >= 15 is 0 Å². The van der Waals surface area contributed by atoms with Gasteiger partial charge in [0, 0.05) is 38.4 Å². The van der Waals surface area contributed by atoms with Crippen molar-refractivity contribution in [1.29, 1.82) is 0 Å². The molecule has 1 aromatic carbocycles. The lowest BCUT2D eigenvalue weighted by Crippen LogP contribution is -2.58. The van der Waals surface area contributed by atoms with Gasteiger partial charge in [-0.1, -0.05) is 10.3 Å². The van der Waals surface area contributed by atoms with Gasteiger partial charge in [-0.2, -0.15) is 0 Å². The van der Waals surface area contributed by atoms with Crippen molar-refractivity contribution in [1.82, 2.24) is 15.0 Å². The van der Waals surface area contributed by atoms with E-state index in [1.807, 2.05) is 0 Å². The number of carbonyl (C=O) groups excluding carboxylic acids is 3. The molecule has 45 heavy (non-hydrogen) atoms. The van der Waals surface area contributed by atoms with Crippen LogP contribution in [0.2, 0.25) is 0 Å². The molecule has 0 saturated carbocycles. The number of hydrogen-bond donors (Lipinski definition) is 0. The molecule has 5 unspecified atom stereocenters. The van der Waals surface area contributed by atoms with Gasteiger partial charge in [0.15, 0.2) is 23.6 Å². The maximum absolute atomic E-state index is 14.0. The van der Waals surface area contributed by atoms with Gasteiger partial charge in [0.05, 0.1) is 30.7 Å². The van der Waals surface area contributed by atoms with Crippen LogP contribution >= 0.6 is 11.8 Å². The predicted molar refractivity (Wildman–Crippen MR) is 147 cm³/mol. The number of esters is 3. The third kappa shape index (κ3) is 8.04. The van der Waals surface area contributed by atoms with Crippen LogP contribution in [-0.4, -0.2) is 101 Å². The van der Waals surface area contributed by atoms with E-state index in [9.17, 15) is 27.6 Å². The van der Waals surface area contributed by atoms with Crippen molar-refractivity contribution < 1.29 is 56.0 Å². The summed E-state index contributed by atoms with van der Waals surface area (Å²) in [4.78, 5) is 38.7. The molecule has 0 spiro atoms. The minimum absolute atomic E-state index is 0.00314. The van der Waals surface area contributed by atoms with Crippen LogP contribution in [0.25, 0.3) is 21.7 Å². The number of azide groups is 1. The van der Waals surface area contributed by atoms with Crippen molar-refractivity contribution in [3.8, 4) is 11.3 Å². The number of hydrogen-bond acceptors (Lipinski definition) is 13. The third-order valence-electron chi connectivity index (χ3n) is 6.86. The summed E-state index contributed by atoms with van der Waals surface area (Å²) in [5.74, 6) is -6.52. The van der Waals surface area contributed by atoms with Crippen LogP contribution in [0.3, 0.4) is 0 Å². The minimum atomic E-state index is -1.65. The fraction of sp³-hybridized carbons (Fsp3) is 0.577. The lowest BCUT2D eigenvalue weighted by atomic mass is 9.96. The van der Waals surface area contributed by atoms with Gasteiger partial charge in [-0.05, 0) is 17.7 Å². The summed E-state index contributed by atoms with van der Waals surface area (Å²) in [5, 5.41) is 11.1. The maximum Gasteiger partial charge on any atom is 0.303 e. The lowest BCUT2D eigenvalue weighted by Gasteiger charge is -2.46. The van der Waals surface area contributed by atoms with Crippen LogP contribution in [0.1, 0.15) is 26.8 Å². The molecule has 2 aromatic rings. The standard InChI is InChI=1S/C26H29F3N6O9S/c1-11(36)41-9-19-24(43-13(3)38)22(35-7-17(32-34-35)14-5-15(27)21(29)16(28)6-14)25(39-4)26(44-19)45-20-10-40-8-18(31-33-30)23(20)42-12(2)37/h5-7,18-20,22-26H,8-10H2,1-4H3/t18-,19?,20+,22?,23+,24?,25?,26?/m0/s1. The van der Waals surface area contributed by atoms with Crippen molar-refractivity contribution in [2.45, 2.75) is 68.0 Å². The number of benzene rings is 1. The summed E-state index contributed by atoms with van der Waals surface area (Å²) in [6.07, 6.45) is -2.96. The molecule has 0 amide bonds. The molecule has 3 heterocycles. The Morgan fingerprint density at radius 2 is 1.73 bits per heavy atom. The Labute approximate surface area is 258 Å². The summed E-state index contributed by atoms with van der Waals surface area (Å²) in [6, 6.07) is -0.416. The zero-order chi connectivity index (χ0) is 32.8. The van der Waals surface area contributed by atoms with Crippen molar-refractivity contribution in [3.05, 3.63) is 46.2 Å². The second-order valence-corrected chi connectivity index (χ2v) is 11.3. The van der Waals surface area contributed by atoms with Crippen molar-refractivity contribution in [3.63, 3.8) is 0 Å². The second-order valence-electron chi connectivity index (χ2n) is 10.0. The molecule has 1 aromatic heterocycles. The molecule has 2 aliphatic heterocycles. The van der Waals surface area contributed by atoms with Gasteiger partial charge in [-0.15, -0.1) is 16.9 Å². The van der Waals surface area contributed by atoms with Gasteiger partial charge in [0.25, 0.3) is 0 Å². The Hall–Kier alpha value is -3.90. The fourth-order valence-corrected chi connectivity index (χ4v) is 6.57. The second kappa shape index (κ2) is 14.9. The van der Waals surface area contributed by atoms with Gasteiger partial charge in [0.2, 0.25) is 0 Å². The molecule has 2 fully saturated rings. The monoisotopic (exact) mass is 658 g/mol. The van der Waals surface area contributed by atoms with E-state index in [0.717, 1.165) is 30.8 Å². The Bertz CT molecular complexity index is 1440. The first-order valence-electron chi connectivity index (χ1n) is 13.4. The molecule has 8 atom stereocenters. The van der Waals surface area contributed by atoms with E-state index in [4.69, 9.17) is 34.0 Å². The molecule has 0 aliphatic carbocycles. The molecule has 0 N–H and O–H groups in total. The smallest absolute Gasteiger partial charge is 0.303 e. The highest BCUT2D eigenvalue weighted by Crippen LogP contribution is 2.42. The van der Waals surface area contributed by atoms with Gasteiger partial charge >= 0.3 is 17.9 Å². The number of aromatic nitrogens is 3. The average molecular weight is 659 g/mol. The summed E-state index contributed by atoms with van der Waals surface area (Å²) in [5.41, 5.74) is 7.89. The van der Waals surface area contributed by atoms with Crippen LogP contribution in [0, 0.1) is 17.5 Å². The molecule has 0 radical (unpaired) electrons. The van der Waals surface area contributed by atoms with E-state index in [1.165, 1.54) is 31.8 Å². The van der Waals surface area contributed by atoms with Gasteiger partial charge in [-0.25, -0.2) is 17.9 Å². The Balaban J connectivity index is 1.75. The van der Waals surface area contributed by atoms with Crippen LogP contribution in [0.5, 0.6) is 0 Å².